The van der Waals surface area contributed by atoms with Crippen LogP contribution in [0.1, 0.15) is 17.3 Å². The second-order valence-electron chi connectivity index (χ2n) is 9.04. The molecule has 0 amide bonds. The topological polar surface area (TPSA) is 111 Å². The van der Waals surface area contributed by atoms with Crippen LogP contribution in [0.15, 0.2) is 76.3 Å². The van der Waals surface area contributed by atoms with Crippen molar-refractivity contribution in [1.29, 1.82) is 0 Å². The molecule has 37 heavy (non-hydrogen) atoms. The van der Waals surface area contributed by atoms with Crippen molar-refractivity contribution in [3.63, 3.8) is 0 Å². The van der Waals surface area contributed by atoms with Crippen LogP contribution in [0.4, 0.5) is 5.69 Å². The minimum Gasteiger partial charge on any atom is -0.504 e. The van der Waals surface area contributed by atoms with Crippen molar-refractivity contribution >= 4 is 16.6 Å². The molecule has 0 bridgehead atoms. The van der Waals surface area contributed by atoms with E-state index in [1.165, 1.54) is 17.7 Å². The third-order valence-electron chi connectivity index (χ3n) is 7.05. The van der Waals surface area contributed by atoms with Crippen LogP contribution < -0.4 is 21.3 Å². The minimum atomic E-state index is -0.686. The normalized spacial score (nSPS) is 14.2. The zero-order valence-corrected chi connectivity index (χ0v) is 20.4. The van der Waals surface area contributed by atoms with E-state index >= 15 is 0 Å². The number of aromatic hydroxyl groups is 2. The van der Waals surface area contributed by atoms with Gasteiger partial charge in [-0.2, -0.15) is 0 Å². The van der Waals surface area contributed by atoms with Gasteiger partial charge in [0.25, 0.3) is 5.56 Å². The molecule has 1 atom stereocenters. The highest BCUT2D eigenvalue weighted by Crippen LogP contribution is 2.47. The van der Waals surface area contributed by atoms with E-state index in [-0.39, 0.29) is 11.5 Å². The summed E-state index contributed by atoms with van der Waals surface area (Å²) in [5.74, 6) is 0.129. The molecule has 3 aromatic carbocycles. The van der Waals surface area contributed by atoms with Crippen LogP contribution in [-0.2, 0) is 14.1 Å². The van der Waals surface area contributed by atoms with Crippen molar-refractivity contribution in [2.24, 2.45) is 14.1 Å². The van der Waals surface area contributed by atoms with Crippen LogP contribution in [0.25, 0.3) is 27.8 Å². The van der Waals surface area contributed by atoms with Gasteiger partial charge in [-0.3, -0.25) is 13.9 Å². The number of ether oxygens (including phenoxy) is 1. The molecule has 1 aliphatic rings. The molecule has 0 aliphatic carbocycles. The molecule has 6 rings (SSSR count). The van der Waals surface area contributed by atoms with E-state index in [1.807, 2.05) is 53.1 Å². The number of aryl methyl sites for hydroxylation is 1. The van der Waals surface area contributed by atoms with Gasteiger partial charge in [0.15, 0.2) is 11.5 Å². The number of phenols is 2. The zero-order chi connectivity index (χ0) is 26.0. The standard InChI is InChI=1S/C28H24N4O5/c1-30-24-21(27(35)31(2)28(30)36)23(15-11-13-16(37-3)14-12-15)32-19-9-5-4-8-18(19)29-22(25(24)32)17-7-6-10-20(33)26(17)34/h4-14,22,29,33-34H,1-3H3. The molecule has 5 aromatic rings. The van der Waals surface area contributed by atoms with Gasteiger partial charge in [-0.05, 0) is 48.0 Å². The third-order valence-corrected chi connectivity index (χ3v) is 7.05. The Balaban J connectivity index is 1.85. The van der Waals surface area contributed by atoms with Crippen molar-refractivity contribution < 1.29 is 14.9 Å². The van der Waals surface area contributed by atoms with E-state index in [0.29, 0.717) is 33.6 Å². The number of nitrogens with one attached hydrogen (secondary N) is 1. The Hall–Kier alpha value is -4.92. The van der Waals surface area contributed by atoms with Gasteiger partial charge >= 0.3 is 5.69 Å². The number of aromatic nitrogens is 3. The van der Waals surface area contributed by atoms with Crippen molar-refractivity contribution in [1.82, 2.24) is 13.7 Å². The maximum absolute atomic E-state index is 13.7. The number of nitrogens with zero attached hydrogens (tertiary/aromatic N) is 3. The van der Waals surface area contributed by atoms with Gasteiger partial charge in [-0.1, -0.05) is 24.3 Å². The summed E-state index contributed by atoms with van der Waals surface area (Å²) >= 11 is 0. The number of benzene rings is 3. The quantitative estimate of drug-likeness (QED) is 0.329. The largest absolute Gasteiger partial charge is 0.504 e. The predicted octanol–water partition coefficient (Wildman–Crippen LogP) is 3.63. The second kappa shape index (κ2) is 8.06. The maximum Gasteiger partial charge on any atom is 0.331 e. The lowest BCUT2D eigenvalue weighted by atomic mass is 9.98. The lowest BCUT2D eigenvalue weighted by Crippen LogP contribution is -2.37. The van der Waals surface area contributed by atoms with Crippen LogP contribution in [0.5, 0.6) is 17.2 Å². The summed E-state index contributed by atoms with van der Waals surface area (Å²) in [5, 5.41) is 25.0. The fourth-order valence-corrected chi connectivity index (χ4v) is 5.26. The summed E-state index contributed by atoms with van der Waals surface area (Å²) in [6.45, 7) is 0. The molecular formula is C28H24N4O5. The Labute approximate surface area is 211 Å². The van der Waals surface area contributed by atoms with Gasteiger partial charge in [0, 0.05) is 19.7 Å². The van der Waals surface area contributed by atoms with Gasteiger partial charge in [-0.25, -0.2) is 4.79 Å². The van der Waals surface area contributed by atoms with Gasteiger partial charge in [0.1, 0.15) is 5.75 Å². The van der Waals surface area contributed by atoms with Gasteiger partial charge in [0.2, 0.25) is 0 Å². The smallest absolute Gasteiger partial charge is 0.331 e. The fraction of sp³-hybridized carbons (Fsp3) is 0.143. The Bertz CT molecular complexity index is 1830. The first-order valence-corrected chi connectivity index (χ1v) is 11.7. The van der Waals surface area contributed by atoms with E-state index in [0.717, 1.165) is 21.5 Å². The molecule has 9 heteroatoms. The van der Waals surface area contributed by atoms with Gasteiger partial charge < -0.3 is 24.8 Å². The SMILES string of the molecule is COc1ccc(-c2c3c(=O)n(C)c(=O)n(C)c3c3n2-c2ccccc2NC3c2cccc(O)c2O)cc1. The van der Waals surface area contributed by atoms with Crippen molar-refractivity contribution in [3.8, 4) is 34.2 Å². The average molecular weight is 497 g/mol. The average Bonchev–Trinajstić information content (AvgIpc) is 3.28. The lowest BCUT2D eigenvalue weighted by molar-refractivity contribution is 0.398. The summed E-state index contributed by atoms with van der Waals surface area (Å²) in [7, 11) is 4.68. The zero-order valence-electron chi connectivity index (χ0n) is 20.4. The van der Waals surface area contributed by atoms with E-state index < -0.39 is 17.3 Å². The lowest BCUT2D eigenvalue weighted by Gasteiger charge is -2.31. The molecule has 0 saturated carbocycles. The van der Waals surface area contributed by atoms with Gasteiger partial charge in [-0.15, -0.1) is 0 Å². The number of fused-ring (bicyclic) bond motifs is 5. The van der Waals surface area contributed by atoms with Crippen LogP contribution in [0.2, 0.25) is 0 Å². The minimum absolute atomic E-state index is 0.263. The molecule has 1 unspecified atom stereocenters. The first kappa shape index (κ1) is 22.5. The number of anilines is 1. The van der Waals surface area contributed by atoms with Crippen molar-refractivity contribution in [2.75, 3.05) is 12.4 Å². The van der Waals surface area contributed by atoms with Crippen LogP contribution >= 0.6 is 0 Å². The number of rotatable bonds is 3. The predicted molar refractivity (Wildman–Crippen MR) is 141 cm³/mol. The molecule has 9 nitrogen and oxygen atoms in total. The molecule has 3 heterocycles. The number of hydrogen-bond acceptors (Lipinski definition) is 6. The van der Waals surface area contributed by atoms with E-state index in [1.54, 1.807) is 26.3 Å². The highest BCUT2D eigenvalue weighted by atomic mass is 16.5. The first-order chi connectivity index (χ1) is 17.8. The molecule has 0 saturated heterocycles. The number of methoxy groups -OCH3 is 1. The fourth-order valence-electron chi connectivity index (χ4n) is 5.26. The monoisotopic (exact) mass is 496 g/mol. The van der Waals surface area contributed by atoms with Crippen molar-refractivity contribution in [2.45, 2.75) is 6.04 Å². The summed E-state index contributed by atoms with van der Waals surface area (Å²) in [6.07, 6.45) is 0. The van der Waals surface area contributed by atoms with Crippen LogP contribution in [0, 0.1) is 0 Å². The van der Waals surface area contributed by atoms with Gasteiger partial charge in [0.05, 0.1) is 46.8 Å². The molecule has 0 radical (unpaired) electrons. The Morgan fingerprint density at radius 3 is 2.35 bits per heavy atom. The Kier molecular flexibility index (Phi) is 4.91. The van der Waals surface area contributed by atoms with Crippen LogP contribution in [-0.4, -0.2) is 31.0 Å². The number of phenolic OH excluding ortho intramolecular Hbond substituents is 2. The number of hydrogen-bond donors (Lipinski definition) is 3. The second-order valence-corrected chi connectivity index (χ2v) is 9.04. The summed E-state index contributed by atoms with van der Waals surface area (Å²) in [6, 6.07) is 19.1. The molecule has 0 spiro atoms. The highest BCUT2D eigenvalue weighted by molar-refractivity contribution is 5.99. The summed E-state index contributed by atoms with van der Waals surface area (Å²) in [5.41, 5.74) is 3.46. The Morgan fingerprint density at radius 1 is 0.892 bits per heavy atom. The molecular weight excluding hydrogens is 472 g/mol. The highest BCUT2D eigenvalue weighted by Gasteiger charge is 2.36. The maximum atomic E-state index is 13.7. The molecule has 186 valence electrons. The summed E-state index contributed by atoms with van der Waals surface area (Å²) < 4.78 is 9.86. The summed E-state index contributed by atoms with van der Waals surface area (Å²) in [4.78, 5) is 26.8. The third kappa shape index (κ3) is 3.10. The van der Waals surface area contributed by atoms with E-state index in [2.05, 4.69) is 5.32 Å². The molecule has 0 fully saturated rings. The van der Waals surface area contributed by atoms with Crippen molar-refractivity contribution in [3.05, 3.63) is 98.8 Å². The van der Waals surface area contributed by atoms with E-state index in [9.17, 15) is 19.8 Å². The molecule has 2 aromatic heterocycles. The molecule has 3 N–H and O–H groups in total. The first-order valence-electron chi connectivity index (χ1n) is 11.7. The van der Waals surface area contributed by atoms with E-state index in [4.69, 9.17) is 4.74 Å². The molecule has 1 aliphatic heterocycles. The Morgan fingerprint density at radius 2 is 1.62 bits per heavy atom. The van der Waals surface area contributed by atoms with Crippen LogP contribution in [0.3, 0.4) is 0 Å². The number of para-hydroxylation sites is 3.